The van der Waals surface area contributed by atoms with E-state index >= 15 is 0 Å². The number of hydrogen-bond acceptors (Lipinski definition) is 4. The Hall–Kier alpha value is -1.75. The maximum atomic E-state index is 12.0. The molecule has 1 aromatic carbocycles. The molecular formula is C16H24N2O3. The number of methoxy groups -OCH3 is 1. The minimum atomic E-state index is -0.404. The number of carbonyl (C=O) groups is 1. The molecule has 2 N–H and O–H groups in total. The van der Waals surface area contributed by atoms with Gasteiger partial charge in [-0.15, -0.1) is 0 Å². The summed E-state index contributed by atoms with van der Waals surface area (Å²) < 4.78 is 11.2. The summed E-state index contributed by atoms with van der Waals surface area (Å²) in [6.45, 7) is 2.79. The molecule has 1 aliphatic rings. The molecule has 2 atom stereocenters. The van der Waals surface area contributed by atoms with Gasteiger partial charge in [-0.2, -0.15) is 0 Å². The molecule has 2 rings (SSSR count). The van der Waals surface area contributed by atoms with E-state index in [2.05, 4.69) is 6.92 Å². The van der Waals surface area contributed by atoms with Gasteiger partial charge in [0, 0.05) is 32.1 Å². The second kappa shape index (κ2) is 6.80. The summed E-state index contributed by atoms with van der Waals surface area (Å²) in [7, 11) is 3.41. The van der Waals surface area contributed by atoms with Crippen molar-refractivity contribution >= 4 is 5.91 Å². The Morgan fingerprint density at radius 3 is 2.81 bits per heavy atom. The van der Waals surface area contributed by atoms with Gasteiger partial charge < -0.3 is 20.1 Å². The average molecular weight is 292 g/mol. The third-order valence-electron chi connectivity index (χ3n) is 3.93. The molecule has 1 amide bonds. The van der Waals surface area contributed by atoms with Crippen molar-refractivity contribution in [3.05, 3.63) is 23.8 Å². The Kier molecular flexibility index (Phi) is 5.07. The van der Waals surface area contributed by atoms with Gasteiger partial charge in [0.25, 0.3) is 5.91 Å². The monoisotopic (exact) mass is 292 g/mol. The molecule has 0 aliphatic carbocycles. The molecule has 1 saturated heterocycles. The quantitative estimate of drug-likeness (QED) is 0.864. The molecule has 1 aliphatic heterocycles. The predicted octanol–water partition coefficient (Wildman–Crippen LogP) is 1.58. The first kappa shape index (κ1) is 15.6. The van der Waals surface area contributed by atoms with E-state index in [0.717, 1.165) is 30.7 Å². The highest BCUT2D eigenvalue weighted by molar-refractivity contribution is 5.83. The van der Waals surface area contributed by atoms with Crippen LogP contribution in [-0.2, 0) is 11.2 Å². The van der Waals surface area contributed by atoms with Crippen LogP contribution in [0.5, 0.6) is 11.5 Å². The number of rotatable bonds is 6. The molecule has 0 bridgehead atoms. The Morgan fingerprint density at radius 1 is 1.48 bits per heavy atom. The molecule has 1 fully saturated rings. The van der Waals surface area contributed by atoms with Gasteiger partial charge in [0.05, 0.1) is 7.11 Å². The van der Waals surface area contributed by atoms with E-state index in [1.807, 2.05) is 18.2 Å². The molecule has 1 heterocycles. The molecule has 2 unspecified atom stereocenters. The van der Waals surface area contributed by atoms with E-state index in [0.29, 0.717) is 12.2 Å². The highest BCUT2D eigenvalue weighted by Gasteiger charge is 2.31. The van der Waals surface area contributed by atoms with Crippen LogP contribution in [0.4, 0.5) is 0 Å². The Labute approximate surface area is 126 Å². The summed E-state index contributed by atoms with van der Waals surface area (Å²) in [6, 6.07) is 5.78. The molecule has 116 valence electrons. The van der Waals surface area contributed by atoms with Gasteiger partial charge in [-0.25, -0.2) is 0 Å². The van der Waals surface area contributed by atoms with Crippen molar-refractivity contribution in [2.24, 2.45) is 5.73 Å². The average Bonchev–Trinajstić information content (AvgIpc) is 2.80. The van der Waals surface area contributed by atoms with Crippen LogP contribution >= 0.6 is 0 Å². The molecule has 5 nitrogen and oxygen atoms in total. The number of likely N-dealkylation sites (tertiary alicyclic amines) is 1. The Balaban J connectivity index is 2.20. The van der Waals surface area contributed by atoms with Crippen LogP contribution in [0.25, 0.3) is 0 Å². The Bertz CT molecular complexity index is 504. The second-order valence-corrected chi connectivity index (χ2v) is 5.50. The van der Waals surface area contributed by atoms with Crippen LogP contribution in [0.3, 0.4) is 0 Å². The van der Waals surface area contributed by atoms with Crippen LogP contribution in [-0.4, -0.2) is 43.7 Å². The van der Waals surface area contributed by atoms with E-state index in [1.165, 1.54) is 0 Å². The largest absolute Gasteiger partial charge is 0.497 e. The van der Waals surface area contributed by atoms with E-state index in [1.54, 1.807) is 19.1 Å². The summed E-state index contributed by atoms with van der Waals surface area (Å²) in [4.78, 5) is 13.7. The number of nitrogens with two attached hydrogens (primary N) is 1. The van der Waals surface area contributed by atoms with Gasteiger partial charge in [-0.3, -0.25) is 4.79 Å². The van der Waals surface area contributed by atoms with Crippen LogP contribution in [0.2, 0.25) is 0 Å². The van der Waals surface area contributed by atoms with Crippen molar-refractivity contribution in [2.45, 2.75) is 38.3 Å². The molecule has 5 heteroatoms. The zero-order valence-electron chi connectivity index (χ0n) is 13.0. The summed E-state index contributed by atoms with van der Waals surface area (Å²) in [5.74, 6) is 1.45. The van der Waals surface area contributed by atoms with E-state index in [-0.39, 0.29) is 11.9 Å². The molecule has 0 radical (unpaired) electrons. The van der Waals surface area contributed by atoms with Crippen molar-refractivity contribution in [3.63, 3.8) is 0 Å². The highest BCUT2D eigenvalue weighted by atomic mass is 16.5. The highest BCUT2D eigenvalue weighted by Crippen LogP contribution is 2.28. The standard InChI is InChI=1S/C16H24N2O3/c1-4-12(17)9-11-5-6-13(20-3)10-15(11)21-14-7-8-18(2)16(14)19/h5-6,10,12,14H,4,7-9,17H2,1-3H3. The van der Waals surface area contributed by atoms with Crippen LogP contribution in [0, 0.1) is 0 Å². The molecule has 0 aromatic heterocycles. The lowest BCUT2D eigenvalue weighted by Gasteiger charge is -2.18. The minimum Gasteiger partial charge on any atom is -0.497 e. The zero-order valence-corrected chi connectivity index (χ0v) is 13.0. The molecular weight excluding hydrogens is 268 g/mol. The number of nitrogens with zero attached hydrogens (tertiary/aromatic N) is 1. The second-order valence-electron chi connectivity index (χ2n) is 5.50. The minimum absolute atomic E-state index is 0.0311. The number of likely N-dealkylation sites (N-methyl/N-ethyl adjacent to an activating group) is 1. The molecule has 0 spiro atoms. The first-order chi connectivity index (χ1) is 10.0. The van der Waals surface area contributed by atoms with Crippen molar-refractivity contribution in [3.8, 4) is 11.5 Å². The van der Waals surface area contributed by atoms with Crippen LogP contribution in [0.15, 0.2) is 18.2 Å². The first-order valence-corrected chi connectivity index (χ1v) is 7.39. The fourth-order valence-electron chi connectivity index (χ4n) is 2.42. The number of amides is 1. The predicted molar refractivity (Wildman–Crippen MR) is 81.6 cm³/mol. The summed E-state index contributed by atoms with van der Waals surface area (Å²) in [5, 5.41) is 0. The fourth-order valence-corrected chi connectivity index (χ4v) is 2.42. The van der Waals surface area contributed by atoms with Crippen LogP contribution in [0.1, 0.15) is 25.3 Å². The van der Waals surface area contributed by atoms with Gasteiger partial charge in [0.15, 0.2) is 6.10 Å². The van der Waals surface area contributed by atoms with Crippen molar-refractivity contribution in [1.29, 1.82) is 0 Å². The van der Waals surface area contributed by atoms with Gasteiger partial charge >= 0.3 is 0 Å². The number of benzene rings is 1. The lowest BCUT2D eigenvalue weighted by atomic mass is 10.0. The maximum absolute atomic E-state index is 12.0. The number of ether oxygens (including phenoxy) is 2. The topological polar surface area (TPSA) is 64.8 Å². The van der Waals surface area contributed by atoms with Gasteiger partial charge in [-0.05, 0) is 24.5 Å². The smallest absolute Gasteiger partial charge is 0.263 e. The third-order valence-corrected chi connectivity index (χ3v) is 3.93. The third kappa shape index (κ3) is 3.67. The lowest BCUT2D eigenvalue weighted by Crippen LogP contribution is -2.30. The summed E-state index contributed by atoms with van der Waals surface area (Å²) in [6.07, 6.45) is 1.94. The number of carbonyl (C=O) groups excluding carboxylic acids is 1. The lowest BCUT2D eigenvalue weighted by molar-refractivity contribution is -0.132. The van der Waals surface area contributed by atoms with E-state index < -0.39 is 6.10 Å². The normalized spacial score (nSPS) is 19.7. The van der Waals surface area contributed by atoms with Crippen molar-refractivity contribution in [1.82, 2.24) is 4.90 Å². The molecule has 1 aromatic rings. The van der Waals surface area contributed by atoms with Crippen LogP contribution < -0.4 is 15.2 Å². The van der Waals surface area contributed by atoms with Gasteiger partial charge in [0.2, 0.25) is 0 Å². The van der Waals surface area contributed by atoms with Crippen molar-refractivity contribution in [2.75, 3.05) is 20.7 Å². The SMILES string of the molecule is CCC(N)Cc1ccc(OC)cc1OC1CCN(C)C1=O. The summed E-state index contributed by atoms with van der Waals surface area (Å²) >= 11 is 0. The first-order valence-electron chi connectivity index (χ1n) is 7.39. The van der Waals surface area contributed by atoms with Crippen molar-refractivity contribution < 1.29 is 14.3 Å². The zero-order chi connectivity index (χ0) is 15.4. The fraction of sp³-hybridized carbons (Fsp3) is 0.562. The van der Waals surface area contributed by atoms with E-state index in [9.17, 15) is 4.79 Å². The van der Waals surface area contributed by atoms with Gasteiger partial charge in [-0.1, -0.05) is 13.0 Å². The van der Waals surface area contributed by atoms with E-state index in [4.69, 9.17) is 15.2 Å². The molecule has 21 heavy (non-hydrogen) atoms. The summed E-state index contributed by atoms with van der Waals surface area (Å²) in [5.41, 5.74) is 7.06. The van der Waals surface area contributed by atoms with Gasteiger partial charge in [0.1, 0.15) is 11.5 Å². The Morgan fingerprint density at radius 2 is 2.24 bits per heavy atom. The number of hydrogen-bond donors (Lipinski definition) is 1. The molecule has 0 saturated carbocycles. The maximum Gasteiger partial charge on any atom is 0.263 e.